The van der Waals surface area contributed by atoms with Crippen LogP contribution in [0.2, 0.25) is 0 Å². The number of hydrogen-bond donors (Lipinski definition) is 0. The summed E-state index contributed by atoms with van der Waals surface area (Å²) in [5, 5.41) is 8.04. The Hall–Kier alpha value is -6.18. The minimum Gasteiger partial charge on any atom is -0.309 e. The molecule has 0 saturated heterocycles. The number of fused-ring (bicyclic) bond motifs is 8. The second-order valence-electron chi connectivity index (χ2n) is 13.9. The summed E-state index contributed by atoms with van der Waals surface area (Å²) >= 11 is 0. The Balaban J connectivity index is 1.27. The lowest BCUT2D eigenvalue weighted by atomic mass is 9.73. The van der Waals surface area contributed by atoms with Crippen LogP contribution in [0.3, 0.4) is 0 Å². The van der Waals surface area contributed by atoms with Gasteiger partial charge in [-0.2, -0.15) is 0 Å². The normalized spacial score (nSPS) is 16.4. The van der Waals surface area contributed by atoms with Crippen LogP contribution in [0.4, 0.5) is 17.1 Å². The molecule has 2 aliphatic carbocycles. The molecule has 0 N–H and O–H groups in total. The summed E-state index contributed by atoms with van der Waals surface area (Å²) in [6.45, 7) is 0. The van der Waals surface area contributed by atoms with Crippen molar-refractivity contribution < 1.29 is 0 Å². The summed E-state index contributed by atoms with van der Waals surface area (Å²) < 4.78 is 0. The first kappa shape index (κ1) is 29.7. The third-order valence-corrected chi connectivity index (χ3v) is 11.0. The van der Waals surface area contributed by atoms with Crippen molar-refractivity contribution in [2.75, 3.05) is 4.90 Å². The topological polar surface area (TPSA) is 3.24 Å². The van der Waals surface area contributed by atoms with Gasteiger partial charge in [0.05, 0.1) is 11.4 Å². The zero-order valence-electron chi connectivity index (χ0n) is 28.5. The van der Waals surface area contributed by atoms with Crippen LogP contribution in [-0.4, -0.2) is 0 Å². The van der Waals surface area contributed by atoms with Crippen LogP contribution < -0.4 is 15.3 Å². The third-order valence-electron chi connectivity index (χ3n) is 11.0. The number of anilines is 3. The summed E-state index contributed by atoms with van der Waals surface area (Å²) in [7, 11) is 0. The minimum atomic E-state index is 0.242. The number of hydrogen-bond acceptors (Lipinski definition) is 1. The molecule has 0 radical (unpaired) electrons. The monoisotopic (exact) mass is 651 g/mol. The lowest BCUT2D eigenvalue weighted by molar-refractivity contribution is 0.793. The maximum absolute atomic E-state index is 2.49. The molecule has 1 unspecified atom stereocenters. The van der Waals surface area contributed by atoms with E-state index in [1.165, 1.54) is 82.3 Å². The van der Waals surface area contributed by atoms with Gasteiger partial charge < -0.3 is 4.90 Å². The number of rotatable bonds is 4. The molecule has 3 aliphatic rings. The second-order valence-corrected chi connectivity index (χ2v) is 13.9. The van der Waals surface area contributed by atoms with Gasteiger partial charge in [-0.05, 0) is 114 Å². The molecule has 0 saturated carbocycles. The molecule has 10 rings (SSSR count). The van der Waals surface area contributed by atoms with Crippen molar-refractivity contribution in [3.63, 3.8) is 0 Å². The highest BCUT2D eigenvalue weighted by Crippen LogP contribution is 2.43. The Morgan fingerprint density at radius 3 is 1.65 bits per heavy atom. The Kier molecular flexibility index (Phi) is 7.17. The van der Waals surface area contributed by atoms with Gasteiger partial charge in [0.2, 0.25) is 0 Å². The Labute approximate surface area is 299 Å². The van der Waals surface area contributed by atoms with Crippen molar-refractivity contribution in [3.05, 3.63) is 208 Å². The van der Waals surface area contributed by atoms with Crippen LogP contribution in [0.15, 0.2) is 175 Å². The van der Waals surface area contributed by atoms with E-state index in [4.69, 9.17) is 0 Å². The molecule has 51 heavy (non-hydrogen) atoms. The van der Waals surface area contributed by atoms with Gasteiger partial charge in [0.1, 0.15) is 0 Å². The van der Waals surface area contributed by atoms with E-state index in [0.717, 1.165) is 24.9 Å². The number of allylic oxidation sites excluding steroid dienone is 4. The van der Waals surface area contributed by atoms with E-state index in [2.05, 4.69) is 187 Å². The molecular weight excluding hydrogens is 615 g/mol. The van der Waals surface area contributed by atoms with E-state index in [-0.39, 0.29) is 5.92 Å². The fourth-order valence-corrected chi connectivity index (χ4v) is 8.78. The average Bonchev–Trinajstić information content (AvgIpc) is 3.38. The van der Waals surface area contributed by atoms with E-state index < -0.39 is 0 Å². The van der Waals surface area contributed by atoms with Gasteiger partial charge in [-0.15, -0.1) is 0 Å². The van der Waals surface area contributed by atoms with Crippen molar-refractivity contribution in [1.29, 1.82) is 0 Å². The van der Waals surface area contributed by atoms with Gasteiger partial charge in [0, 0.05) is 11.6 Å². The molecule has 0 spiro atoms. The molecule has 242 valence electrons. The maximum Gasteiger partial charge on any atom is 0.0534 e. The first-order chi connectivity index (χ1) is 25.3. The number of benzene rings is 7. The first-order valence-electron chi connectivity index (χ1n) is 18.2. The van der Waals surface area contributed by atoms with Crippen LogP contribution in [0.1, 0.15) is 41.5 Å². The highest BCUT2D eigenvalue weighted by atomic mass is 15.1. The fourth-order valence-electron chi connectivity index (χ4n) is 8.78. The minimum absolute atomic E-state index is 0.242. The van der Waals surface area contributed by atoms with Crippen LogP contribution >= 0.6 is 0 Å². The smallest absolute Gasteiger partial charge is 0.0534 e. The number of para-hydroxylation sites is 2. The molecule has 1 atom stereocenters. The molecule has 1 heteroatoms. The van der Waals surface area contributed by atoms with Crippen molar-refractivity contribution >= 4 is 61.9 Å². The molecule has 0 bridgehead atoms. The lowest BCUT2D eigenvalue weighted by Gasteiger charge is -2.31. The summed E-state index contributed by atoms with van der Waals surface area (Å²) in [5.41, 5.74) is 12.9. The van der Waals surface area contributed by atoms with Gasteiger partial charge in [-0.25, -0.2) is 0 Å². The summed E-state index contributed by atoms with van der Waals surface area (Å²) in [5.74, 6) is 0.242. The molecule has 7 aromatic rings. The second kappa shape index (κ2) is 12.3. The highest BCUT2D eigenvalue weighted by molar-refractivity contribution is 6.10. The lowest BCUT2D eigenvalue weighted by Crippen LogP contribution is -2.38. The van der Waals surface area contributed by atoms with Crippen LogP contribution in [-0.2, 0) is 0 Å². The molecule has 7 aromatic carbocycles. The molecule has 0 fully saturated rings. The number of nitrogens with zero attached hydrogens (tertiary/aromatic N) is 1. The molecule has 1 aliphatic heterocycles. The van der Waals surface area contributed by atoms with Gasteiger partial charge in [0.15, 0.2) is 0 Å². The van der Waals surface area contributed by atoms with Crippen molar-refractivity contribution in [2.45, 2.75) is 19.3 Å². The Morgan fingerprint density at radius 1 is 0.451 bits per heavy atom. The van der Waals surface area contributed by atoms with Crippen molar-refractivity contribution in [2.24, 2.45) is 5.92 Å². The van der Waals surface area contributed by atoms with Gasteiger partial charge >= 0.3 is 0 Å². The third kappa shape index (κ3) is 4.92. The zero-order valence-corrected chi connectivity index (χ0v) is 28.5. The Bertz CT molecular complexity index is 2660. The van der Waals surface area contributed by atoms with Gasteiger partial charge in [0.25, 0.3) is 0 Å². The van der Waals surface area contributed by atoms with Gasteiger partial charge in [-0.3, -0.25) is 0 Å². The molecule has 1 nitrogen and oxygen atoms in total. The Morgan fingerprint density at radius 2 is 1.02 bits per heavy atom. The predicted octanol–water partition coefficient (Wildman–Crippen LogP) is 11.6. The molecule has 1 heterocycles. The first-order valence-corrected chi connectivity index (χ1v) is 18.2. The largest absolute Gasteiger partial charge is 0.309 e. The van der Waals surface area contributed by atoms with Crippen LogP contribution in [0, 0.1) is 5.92 Å². The summed E-state index contributed by atoms with van der Waals surface area (Å²) in [4.78, 5) is 2.42. The quantitative estimate of drug-likeness (QED) is 0.171. The SMILES string of the molecule is C1=CC(C2CC(c3ccc(N4c5ccccc5C=Cc5ccccc54)cc3)=c3c(c4ccccc4c4ccccc34)=C2c2ccccc2)=CCC1. The molecular formula is C50H37N. The van der Waals surface area contributed by atoms with Crippen molar-refractivity contribution in [3.8, 4) is 0 Å². The zero-order chi connectivity index (χ0) is 33.7. The highest BCUT2D eigenvalue weighted by Gasteiger charge is 2.29. The van der Waals surface area contributed by atoms with Crippen LogP contribution in [0.5, 0.6) is 0 Å². The maximum atomic E-state index is 2.49. The van der Waals surface area contributed by atoms with Gasteiger partial charge in [-0.1, -0.05) is 158 Å². The van der Waals surface area contributed by atoms with E-state index in [9.17, 15) is 0 Å². The molecule has 0 aromatic heterocycles. The molecule has 0 amide bonds. The van der Waals surface area contributed by atoms with E-state index >= 15 is 0 Å². The van der Waals surface area contributed by atoms with Crippen molar-refractivity contribution in [1.82, 2.24) is 0 Å². The summed E-state index contributed by atoms with van der Waals surface area (Å²) in [6.07, 6.45) is 14.9. The van der Waals surface area contributed by atoms with E-state index in [1.54, 1.807) is 0 Å². The van der Waals surface area contributed by atoms with E-state index in [1.807, 2.05) is 0 Å². The predicted molar refractivity (Wildman–Crippen MR) is 217 cm³/mol. The average molecular weight is 652 g/mol. The van der Waals surface area contributed by atoms with Crippen LogP contribution in [0.25, 0.3) is 44.8 Å². The standard InChI is InChI=1S/C50H37N/c1-3-15-34(16-4-1)44-33-45(35-29-31-39(32-30-35)51-46-25-13-7-17-36(46)27-28-37-18-8-14-26-47(37)51)49-42-23-11-9-21-40(42)41-22-10-12-24-43(41)50(49)48(44)38-19-5-2-6-20-38/h2-3,5-32,44H,1,4,33H2. The fraction of sp³-hybridized carbons (Fsp3) is 0.0800. The summed E-state index contributed by atoms with van der Waals surface area (Å²) in [6, 6.07) is 56.1. The van der Waals surface area contributed by atoms with E-state index in [0.29, 0.717) is 0 Å².